The van der Waals surface area contributed by atoms with E-state index in [-0.39, 0.29) is 27.6 Å². The van der Waals surface area contributed by atoms with Crippen LogP contribution in [0.1, 0.15) is 22.7 Å². The molecule has 6 nitrogen and oxygen atoms in total. The van der Waals surface area contributed by atoms with Crippen LogP contribution < -0.4 is 14.4 Å². The van der Waals surface area contributed by atoms with Crippen LogP contribution in [-0.2, 0) is 15.8 Å². The summed E-state index contributed by atoms with van der Waals surface area (Å²) in [4.78, 5) is 27.5. The fourth-order valence-corrected chi connectivity index (χ4v) is 4.22. The number of amides is 1. The van der Waals surface area contributed by atoms with Gasteiger partial charge in [-0.2, -0.15) is 13.2 Å². The number of methoxy groups -OCH3 is 2. The van der Waals surface area contributed by atoms with Crippen molar-refractivity contribution in [2.45, 2.75) is 12.2 Å². The number of aliphatic hydroxyl groups excluding tert-OH is 1. The molecule has 1 aliphatic rings. The summed E-state index contributed by atoms with van der Waals surface area (Å²) in [6.45, 7) is 0. The minimum atomic E-state index is -4.58. The molecule has 1 amide bonds. The smallest absolute Gasteiger partial charge is 0.416 e. The Morgan fingerprint density at radius 3 is 2.28 bits per heavy atom. The monoisotopic (exact) mass is 517 g/mol. The van der Waals surface area contributed by atoms with Gasteiger partial charge in [0.2, 0.25) is 0 Å². The van der Waals surface area contributed by atoms with Gasteiger partial charge in [0, 0.05) is 10.7 Å². The van der Waals surface area contributed by atoms with Crippen LogP contribution >= 0.6 is 11.6 Å². The van der Waals surface area contributed by atoms with Gasteiger partial charge in [0.25, 0.3) is 11.7 Å². The number of carbonyl (C=O) groups is 2. The summed E-state index contributed by atoms with van der Waals surface area (Å²) in [5, 5.41) is 11.5. The highest BCUT2D eigenvalue weighted by Gasteiger charge is 2.47. The maximum Gasteiger partial charge on any atom is 0.416 e. The van der Waals surface area contributed by atoms with Crippen LogP contribution in [0.5, 0.6) is 11.5 Å². The molecule has 36 heavy (non-hydrogen) atoms. The van der Waals surface area contributed by atoms with Crippen LogP contribution in [0.15, 0.2) is 72.3 Å². The number of Topliss-reactive ketones (excluding diaryl/α,β-unsaturated/α-hetero) is 1. The molecule has 1 unspecified atom stereocenters. The number of hydrogen-bond donors (Lipinski definition) is 1. The molecule has 186 valence electrons. The molecule has 0 radical (unpaired) electrons. The summed E-state index contributed by atoms with van der Waals surface area (Å²) in [7, 11) is 2.79. The molecule has 4 rings (SSSR count). The summed E-state index contributed by atoms with van der Waals surface area (Å²) in [6, 6.07) is 13.5. The maximum atomic E-state index is 13.3. The van der Waals surface area contributed by atoms with Crippen LogP contribution in [0.2, 0.25) is 5.02 Å². The highest BCUT2D eigenvalue weighted by Crippen LogP contribution is 2.44. The molecular weight excluding hydrogens is 499 g/mol. The van der Waals surface area contributed by atoms with E-state index in [4.69, 9.17) is 21.1 Å². The number of alkyl halides is 3. The van der Waals surface area contributed by atoms with E-state index in [1.807, 2.05) is 0 Å². The normalized spacial score (nSPS) is 17.4. The molecule has 3 aromatic carbocycles. The first-order valence-corrected chi connectivity index (χ1v) is 10.9. The van der Waals surface area contributed by atoms with Gasteiger partial charge in [-0.15, -0.1) is 0 Å². The first-order chi connectivity index (χ1) is 17.1. The molecule has 0 bridgehead atoms. The highest BCUT2D eigenvalue weighted by atomic mass is 35.5. The molecule has 0 aromatic heterocycles. The highest BCUT2D eigenvalue weighted by molar-refractivity contribution is 6.51. The van der Waals surface area contributed by atoms with Gasteiger partial charge >= 0.3 is 6.18 Å². The van der Waals surface area contributed by atoms with Crippen LogP contribution in [0.25, 0.3) is 5.76 Å². The molecule has 0 saturated carbocycles. The Hall–Kier alpha value is -3.98. The molecule has 1 fully saturated rings. The number of ether oxygens (including phenoxy) is 2. The van der Waals surface area contributed by atoms with Crippen molar-refractivity contribution in [3.63, 3.8) is 0 Å². The fourth-order valence-electron chi connectivity index (χ4n) is 4.05. The molecule has 0 spiro atoms. The second-order valence-electron chi connectivity index (χ2n) is 7.83. The molecule has 1 N–H and O–H groups in total. The second kappa shape index (κ2) is 9.58. The summed E-state index contributed by atoms with van der Waals surface area (Å²) < 4.78 is 49.9. The van der Waals surface area contributed by atoms with Crippen LogP contribution in [-0.4, -0.2) is 31.0 Å². The zero-order valence-electron chi connectivity index (χ0n) is 19.0. The Balaban J connectivity index is 1.96. The minimum Gasteiger partial charge on any atom is -0.507 e. The van der Waals surface area contributed by atoms with E-state index in [0.29, 0.717) is 11.3 Å². The topological polar surface area (TPSA) is 76.1 Å². The number of halogens is 4. The van der Waals surface area contributed by atoms with Gasteiger partial charge < -0.3 is 14.6 Å². The Labute approximate surface area is 209 Å². The summed E-state index contributed by atoms with van der Waals surface area (Å²) >= 11 is 6.10. The van der Waals surface area contributed by atoms with E-state index < -0.39 is 35.2 Å². The number of nitrogens with zero attached hydrogens (tertiary/aromatic N) is 1. The van der Waals surface area contributed by atoms with Crippen molar-refractivity contribution < 1.29 is 37.3 Å². The number of rotatable bonds is 5. The lowest BCUT2D eigenvalue weighted by Gasteiger charge is -2.26. The third-order valence-electron chi connectivity index (χ3n) is 5.74. The van der Waals surface area contributed by atoms with E-state index in [1.165, 1.54) is 32.4 Å². The third-order valence-corrected chi connectivity index (χ3v) is 5.98. The molecule has 1 atom stereocenters. The van der Waals surface area contributed by atoms with Crippen molar-refractivity contribution in [3.8, 4) is 11.5 Å². The lowest BCUT2D eigenvalue weighted by molar-refractivity contribution is -0.137. The Kier molecular flexibility index (Phi) is 6.69. The lowest BCUT2D eigenvalue weighted by Crippen LogP contribution is -2.29. The van der Waals surface area contributed by atoms with E-state index in [1.54, 1.807) is 24.3 Å². The average Bonchev–Trinajstić information content (AvgIpc) is 3.13. The Morgan fingerprint density at radius 2 is 1.67 bits per heavy atom. The molecule has 1 saturated heterocycles. The van der Waals surface area contributed by atoms with Crippen molar-refractivity contribution in [2.24, 2.45) is 0 Å². The number of aliphatic hydroxyl groups is 1. The van der Waals surface area contributed by atoms with Gasteiger partial charge in [-0.1, -0.05) is 23.7 Å². The van der Waals surface area contributed by atoms with E-state index in [0.717, 1.165) is 29.2 Å². The Bertz CT molecular complexity index is 1370. The molecule has 1 heterocycles. The zero-order valence-corrected chi connectivity index (χ0v) is 19.7. The second-order valence-corrected chi connectivity index (χ2v) is 8.27. The third kappa shape index (κ3) is 4.49. The summed E-state index contributed by atoms with van der Waals surface area (Å²) in [5.74, 6) is -1.99. The van der Waals surface area contributed by atoms with Crippen molar-refractivity contribution in [2.75, 3.05) is 19.1 Å². The van der Waals surface area contributed by atoms with Crippen molar-refractivity contribution in [1.29, 1.82) is 0 Å². The maximum absolute atomic E-state index is 13.3. The Morgan fingerprint density at radius 1 is 0.972 bits per heavy atom. The van der Waals surface area contributed by atoms with Gasteiger partial charge in [0.05, 0.1) is 37.0 Å². The molecule has 0 aliphatic carbocycles. The quantitative estimate of drug-likeness (QED) is 0.255. The van der Waals surface area contributed by atoms with E-state index in [9.17, 15) is 27.9 Å². The largest absolute Gasteiger partial charge is 0.507 e. The van der Waals surface area contributed by atoms with E-state index in [2.05, 4.69) is 0 Å². The summed E-state index contributed by atoms with van der Waals surface area (Å²) in [5.41, 5.74) is -0.701. The first kappa shape index (κ1) is 25.1. The van der Waals surface area contributed by atoms with Crippen molar-refractivity contribution in [1.82, 2.24) is 0 Å². The van der Waals surface area contributed by atoms with Gasteiger partial charge in [-0.25, -0.2) is 0 Å². The molecule has 10 heteroatoms. The molecular formula is C26H19ClF3NO5. The van der Waals surface area contributed by atoms with Crippen LogP contribution in [0.4, 0.5) is 18.9 Å². The number of carbonyl (C=O) groups excluding carboxylic acids is 2. The molecule has 3 aromatic rings. The predicted octanol–water partition coefficient (Wildman–Crippen LogP) is 6.00. The summed E-state index contributed by atoms with van der Waals surface area (Å²) in [6.07, 6.45) is -4.58. The average molecular weight is 518 g/mol. The molecule has 1 aliphatic heterocycles. The number of hydrogen-bond acceptors (Lipinski definition) is 5. The predicted molar refractivity (Wildman–Crippen MR) is 127 cm³/mol. The number of ketones is 1. The van der Waals surface area contributed by atoms with Gasteiger partial charge in [0.1, 0.15) is 17.3 Å². The van der Waals surface area contributed by atoms with E-state index >= 15 is 0 Å². The van der Waals surface area contributed by atoms with Gasteiger partial charge in [0.15, 0.2) is 0 Å². The van der Waals surface area contributed by atoms with Gasteiger partial charge in [-0.05, 0) is 60.2 Å². The van der Waals surface area contributed by atoms with Crippen LogP contribution in [0.3, 0.4) is 0 Å². The standard InChI is InChI=1S/C26H19ClF3NO5/c1-35-18-5-3-4-14(12-18)22-21(23(32)19-13-16(27)8-11-20(19)36-2)24(33)25(34)31(22)17-9-6-15(7-10-17)26(28,29)30/h3-13,22,32H,1-2H3/b23-21+. The SMILES string of the molecule is COc1cccc(C2/C(=C(\O)c3cc(Cl)ccc3OC)C(=O)C(=O)N2c2ccc(C(F)(F)F)cc2)c1. The van der Waals surface area contributed by atoms with Crippen LogP contribution in [0, 0.1) is 0 Å². The zero-order chi connectivity index (χ0) is 26.2. The van der Waals surface area contributed by atoms with Crippen molar-refractivity contribution >= 4 is 34.7 Å². The number of benzene rings is 3. The lowest BCUT2D eigenvalue weighted by atomic mass is 9.94. The fraction of sp³-hybridized carbons (Fsp3) is 0.154. The van der Waals surface area contributed by atoms with Gasteiger partial charge in [-0.3, -0.25) is 14.5 Å². The first-order valence-electron chi connectivity index (χ1n) is 10.5. The van der Waals surface area contributed by atoms with Crippen molar-refractivity contribution in [3.05, 3.63) is 94.0 Å². The number of anilines is 1. The minimum absolute atomic E-state index is 0.0371.